The van der Waals surface area contributed by atoms with Crippen LogP contribution in [0.1, 0.15) is 29.0 Å². The van der Waals surface area contributed by atoms with Gasteiger partial charge in [-0.25, -0.2) is 0 Å². The number of hydrogen-bond acceptors (Lipinski definition) is 3. The summed E-state index contributed by atoms with van der Waals surface area (Å²) in [5.41, 5.74) is 3.28. The highest BCUT2D eigenvalue weighted by atomic mass is 16.5. The maximum atomic E-state index is 12.6. The largest absolute Gasteiger partial charge is 0.491 e. The summed E-state index contributed by atoms with van der Waals surface area (Å²) < 4.78 is 5.60. The summed E-state index contributed by atoms with van der Waals surface area (Å²) in [7, 11) is 0. The standard InChI is InChI=1S/C25H27NO3/c1-19-9-8-14-23(15-19)29-18-22(27)17-26-25(28)16-24(20-10-4-2-5-11-20)21-12-6-3-7-13-21/h2-15,22,24,27H,16-18H2,1H3,(H,26,28). The van der Waals surface area contributed by atoms with E-state index in [1.165, 1.54) is 0 Å². The molecule has 3 aromatic rings. The van der Waals surface area contributed by atoms with Gasteiger partial charge in [-0.05, 0) is 35.7 Å². The Labute approximate surface area is 172 Å². The molecule has 1 unspecified atom stereocenters. The first-order valence-corrected chi connectivity index (χ1v) is 9.86. The number of hydrogen-bond donors (Lipinski definition) is 2. The molecule has 0 spiro atoms. The van der Waals surface area contributed by atoms with E-state index in [9.17, 15) is 9.90 Å². The van der Waals surface area contributed by atoms with Crippen molar-refractivity contribution in [1.82, 2.24) is 5.32 Å². The van der Waals surface area contributed by atoms with E-state index in [2.05, 4.69) is 5.32 Å². The Balaban J connectivity index is 1.53. The average molecular weight is 389 g/mol. The van der Waals surface area contributed by atoms with Crippen LogP contribution in [-0.2, 0) is 4.79 Å². The Morgan fingerprint density at radius 3 is 2.14 bits per heavy atom. The second kappa shape index (κ2) is 10.4. The highest BCUT2D eigenvalue weighted by Crippen LogP contribution is 2.27. The van der Waals surface area contributed by atoms with Crippen molar-refractivity contribution in [3.63, 3.8) is 0 Å². The van der Waals surface area contributed by atoms with E-state index in [0.29, 0.717) is 12.2 Å². The molecule has 0 radical (unpaired) electrons. The zero-order chi connectivity index (χ0) is 20.5. The van der Waals surface area contributed by atoms with Crippen molar-refractivity contribution in [2.75, 3.05) is 13.2 Å². The average Bonchev–Trinajstić information content (AvgIpc) is 2.76. The summed E-state index contributed by atoms with van der Waals surface area (Å²) in [5.74, 6) is 0.582. The van der Waals surface area contributed by atoms with Crippen molar-refractivity contribution in [3.05, 3.63) is 102 Å². The molecule has 0 fully saturated rings. The van der Waals surface area contributed by atoms with E-state index in [4.69, 9.17) is 4.74 Å². The number of amides is 1. The first-order chi connectivity index (χ1) is 14.1. The highest BCUT2D eigenvalue weighted by Gasteiger charge is 2.18. The third kappa shape index (κ3) is 6.47. The van der Waals surface area contributed by atoms with Crippen LogP contribution in [0.4, 0.5) is 0 Å². The highest BCUT2D eigenvalue weighted by molar-refractivity contribution is 5.77. The van der Waals surface area contributed by atoms with E-state index in [1.54, 1.807) is 0 Å². The van der Waals surface area contributed by atoms with Gasteiger partial charge in [-0.2, -0.15) is 0 Å². The molecule has 150 valence electrons. The maximum absolute atomic E-state index is 12.6. The fourth-order valence-electron chi connectivity index (χ4n) is 3.24. The molecule has 4 heteroatoms. The molecule has 0 heterocycles. The monoisotopic (exact) mass is 389 g/mol. The predicted octanol–water partition coefficient (Wildman–Crippen LogP) is 4.07. The lowest BCUT2D eigenvalue weighted by Gasteiger charge is -2.19. The number of ether oxygens (including phenoxy) is 1. The molecule has 0 aromatic heterocycles. The number of carbonyl (C=O) groups is 1. The molecule has 0 aliphatic heterocycles. The number of aliphatic hydroxyl groups excluding tert-OH is 1. The number of carbonyl (C=O) groups excluding carboxylic acids is 1. The molecule has 0 aliphatic carbocycles. The van der Waals surface area contributed by atoms with Gasteiger partial charge < -0.3 is 15.2 Å². The summed E-state index contributed by atoms with van der Waals surface area (Å²) in [6, 6.07) is 27.7. The molecule has 1 amide bonds. The van der Waals surface area contributed by atoms with Gasteiger partial charge in [-0.1, -0.05) is 72.8 Å². The van der Waals surface area contributed by atoms with Gasteiger partial charge in [0.2, 0.25) is 5.91 Å². The van der Waals surface area contributed by atoms with Crippen LogP contribution in [0.5, 0.6) is 5.75 Å². The van der Waals surface area contributed by atoms with E-state index < -0.39 is 6.10 Å². The Bertz CT molecular complexity index is 857. The number of nitrogens with one attached hydrogen (secondary N) is 1. The number of benzene rings is 3. The lowest BCUT2D eigenvalue weighted by molar-refractivity contribution is -0.121. The van der Waals surface area contributed by atoms with Gasteiger partial charge in [0, 0.05) is 18.9 Å². The summed E-state index contributed by atoms with van der Waals surface area (Å²) in [5, 5.41) is 13.0. The maximum Gasteiger partial charge on any atom is 0.221 e. The lowest BCUT2D eigenvalue weighted by Crippen LogP contribution is -2.35. The van der Waals surface area contributed by atoms with Crippen LogP contribution in [0.25, 0.3) is 0 Å². The SMILES string of the molecule is Cc1cccc(OCC(O)CNC(=O)CC(c2ccccc2)c2ccccc2)c1. The van der Waals surface area contributed by atoms with Crippen molar-refractivity contribution in [2.24, 2.45) is 0 Å². The molecule has 0 saturated carbocycles. The van der Waals surface area contributed by atoms with Gasteiger partial charge in [0.05, 0.1) is 0 Å². The summed E-state index contributed by atoms with van der Waals surface area (Å²) in [6.07, 6.45) is -0.453. The van der Waals surface area contributed by atoms with Crippen LogP contribution in [0.2, 0.25) is 0 Å². The second-order valence-corrected chi connectivity index (χ2v) is 7.16. The minimum absolute atomic E-state index is 0.0295. The fourth-order valence-corrected chi connectivity index (χ4v) is 3.24. The van der Waals surface area contributed by atoms with Crippen LogP contribution in [0.15, 0.2) is 84.9 Å². The third-order valence-electron chi connectivity index (χ3n) is 4.76. The normalized spacial score (nSPS) is 11.8. The topological polar surface area (TPSA) is 58.6 Å². The van der Waals surface area contributed by atoms with Crippen LogP contribution in [0.3, 0.4) is 0 Å². The van der Waals surface area contributed by atoms with Crippen molar-refractivity contribution in [3.8, 4) is 5.75 Å². The molecule has 0 saturated heterocycles. The molecule has 2 N–H and O–H groups in total. The molecule has 3 aromatic carbocycles. The van der Waals surface area contributed by atoms with Gasteiger partial charge in [-0.3, -0.25) is 4.79 Å². The Morgan fingerprint density at radius 1 is 0.931 bits per heavy atom. The number of rotatable bonds is 9. The molecular formula is C25H27NO3. The van der Waals surface area contributed by atoms with Gasteiger partial charge in [0.1, 0.15) is 18.5 Å². The molecule has 0 bridgehead atoms. The smallest absolute Gasteiger partial charge is 0.221 e. The minimum Gasteiger partial charge on any atom is -0.491 e. The number of aliphatic hydroxyl groups is 1. The fraction of sp³-hybridized carbons (Fsp3) is 0.240. The Hall–Kier alpha value is -3.11. The van der Waals surface area contributed by atoms with E-state index >= 15 is 0 Å². The van der Waals surface area contributed by atoms with Crippen LogP contribution in [-0.4, -0.2) is 30.3 Å². The summed E-state index contributed by atoms with van der Waals surface area (Å²) >= 11 is 0. The predicted molar refractivity (Wildman–Crippen MR) is 115 cm³/mol. The van der Waals surface area contributed by atoms with Gasteiger partial charge in [-0.15, -0.1) is 0 Å². The lowest BCUT2D eigenvalue weighted by atomic mass is 9.88. The second-order valence-electron chi connectivity index (χ2n) is 7.16. The van der Waals surface area contributed by atoms with Crippen LogP contribution in [0, 0.1) is 6.92 Å². The molecule has 1 atom stereocenters. The van der Waals surface area contributed by atoms with E-state index in [1.807, 2.05) is 91.9 Å². The van der Waals surface area contributed by atoms with Crippen molar-refractivity contribution in [2.45, 2.75) is 25.4 Å². The molecular weight excluding hydrogens is 362 g/mol. The molecule has 29 heavy (non-hydrogen) atoms. The summed E-state index contributed by atoms with van der Waals surface area (Å²) in [4.78, 5) is 12.6. The molecule has 0 aliphatic rings. The summed E-state index contributed by atoms with van der Waals surface area (Å²) in [6.45, 7) is 2.27. The van der Waals surface area contributed by atoms with Gasteiger partial charge in [0.25, 0.3) is 0 Å². The third-order valence-corrected chi connectivity index (χ3v) is 4.76. The zero-order valence-electron chi connectivity index (χ0n) is 16.6. The van der Waals surface area contributed by atoms with Gasteiger partial charge >= 0.3 is 0 Å². The molecule has 3 rings (SSSR count). The Kier molecular flexibility index (Phi) is 7.42. The van der Waals surface area contributed by atoms with E-state index in [-0.39, 0.29) is 25.0 Å². The van der Waals surface area contributed by atoms with Crippen molar-refractivity contribution in [1.29, 1.82) is 0 Å². The minimum atomic E-state index is -0.772. The number of aryl methyl sites for hydroxylation is 1. The molecule has 4 nitrogen and oxygen atoms in total. The quantitative estimate of drug-likeness (QED) is 0.580. The van der Waals surface area contributed by atoms with Crippen molar-refractivity contribution >= 4 is 5.91 Å². The van der Waals surface area contributed by atoms with Crippen LogP contribution < -0.4 is 10.1 Å². The first-order valence-electron chi connectivity index (χ1n) is 9.86. The van der Waals surface area contributed by atoms with Gasteiger partial charge in [0.15, 0.2) is 0 Å². The van der Waals surface area contributed by atoms with E-state index in [0.717, 1.165) is 16.7 Å². The van der Waals surface area contributed by atoms with Crippen LogP contribution >= 0.6 is 0 Å². The van der Waals surface area contributed by atoms with Crippen molar-refractivity contribution < 1.29 is 14.6 Å². The zero-order valence-corrected chi connectivity index (χ0v) is 16.6. The first kappa shape index (κ1) is 20.6. The Morgan fingerprint density at radius 2 is 1.55 bits per heavy atom.